The molecule has 100 valence electrons. The maximum atomic E-state index is 12.5. The summed E-state index contributed by atoms with van der Waals surface area (Å²) in [6.07, 6.45) is 0. The van der Waals surface area contributed by atoms with Crippen LogP contribution >= 0.6 is 11.3 Å². The average molecular weight is 275 g/mol. The average Bonchev–Trinajstić information content (AvgIpc) is 2.83. The fourth-order valence-electron chi connectivity index (χ4n) is 1.93. The number of carbonyl (C=O) groups excluding carboxylic acids is 1. The van der Waals surface area contributed by atoms with Crippen molar-refractivity contribution in [3.05, 3.63) is 35.2 Å². The zero-order valence-corrected chi connectivity index (χ0v) is 11.9. The van der Waals surface area contributed by atoms with Crippen molar-refractivity contribution in [1.29, 1.82) is 0 Å². The number of aromatic nitrogens is 1. The third kappa shape index (κ3) is 2.76. The molecule has 0 fully saturated rings. The van der Waals surface area contributed by atoms with Gasteiger partial charge in [0.1, 0.15) is 4.88 Å². The Morgan fingerprint density at radius 1 is 1.26 bits per heavy atom. The number of nitrogens with zero attached hydrogens (tertiary/aromatic N) is 2. The van der Waals surface area contributed by atoms with Crippen LogP contribution in [0.4, 0.5) is 5.13 Å². The van der Waals surface area contributed by atoms with Crippen LogP contribution in [-0.4, -0.2) is 28.9 Å². The van der Waals surface area contributed by atoms with Crippen LogP contribution in [0.15, 0.2) is 30.3 Å². The van der Waals surface area contributed by atoms with E-state index in [-0.39, 0.29) is 5.91 Å². The number of thiazole rings is 1. The molecule has 0 aliphatic carbocycles. The number of hydrogen-bond donors (Lipinski definition) is 1. The van der Waals surface area contributed by atoms with Crippen molar-refractivity contribution in [2.45, 2.75) is 13.8 Å². The van der Waals surface area contributed by atoms with Crippen LogP contribution in [0.3, 0.4) is 0 Å². The molecule has 0 saturated carbocycles. The van der Waals surface area contributed by atoms with E-state index >= 15 is 0 Å². The molecule has 0 aliphatic rings. The summed E-state index contributed by atoms with van der Waals surface area (Å²) < 4.78 is 0. The van der Waals surface area contributed by atoms with Gasteiger partial charge in [-0.2, -0.15) is 0 Å². The molecule has 19 heavy (non-hydrogen) atoms. The highest BCUT2D eigenvalue weighted by Crippen LogP contribution is 2.30. The van der Waals surface area contributed by atoms with Crippen LogP contribution in [0.5, 0.6) is 0 Å². The van der Waals surface area contributed by atoms with E-state index in [1.165, 1.54) is 11.3 Å². The molecule has 0 unspecified atom stereocenters. The summed E-state index contributed by atoms with van der Waals surface area (Å²) in [4.78, 5) is 19.2. The molecule has 0 atom stereocenters. The maximum Gasteiger partial charge on any atom is 0.266 e. The molecule has 4 nitrogen and oxygen atoms in total. The summed E-state index contributed by atoms with van der Waals surface area (Å²) in [5.74, 6) is -0.00180. The van der Waals surface area contributed by atoms with Crippen molar-refractivity contribution in [1.82, 2.24) is 9.88 Å². The highest BCUT2D eigenvalue weighted by Gasteiger charge is 2.21. The Bertz CT molecular complexity index is 561. The van der Waals surface area contributed by atoms with Crippen LogP contribution < -0.4 is 5.73 Å². The van der Waals surface area contributed by atoms with E-state index in [1.54, 1.807) is 4.90 Å². The van der Waals surface area contributed by atoms with Crippen LogP contribution in [0, 0.1) is 0 Å². The summed E-state index contributed by atoms with van der Waals surface area (Å²) in [5, 5.41) is 0.425. The second kappa shape index (κ2) is 5.84. The van der Waals surface area contributed by atoms with E-state index in [0.717, 1.165) is 5.56 Å². The molecule has 1 heterocycles. The first kappa shape index (κ1) is 13.5. The molecular weight excluding hydrogens is 258 g/mol. The molecular formula is C14H17N3OS. The van der Waals surface area contributed by atoms with E-state index in [0.29, 0.717) is 28.8 Å². The van der Waals surface area contributed by atoms with Crippen molar-refractivity contribution in [3.8, 4) is 11.3 Å². The van der Waals surface area contributed by atoms with E-state index in [9.17, 15) is 4.79 Å². The quantitative estimate of drug-likeness (QED) is 0.933. The Labute approximate surface area is 116 Å². The lowest BCUT2D eigenvalue weighted by atomic mass is 10.1. The first-order chi connectivity index (χ1) is 9.17. The van der Waals surface area contributed by atoms with Gasteiger partial charge in [-0.15, -0.1) is 0 Å². The third-order valence-corrected chi connectivity index (χ3v) is 3.81. The van der Waals surface area contributed by atoms with Crippen molar-refractivity contribution in [2.75, 3.05) is 18.8 Å². The molecule has 2 N–H and O–H groups in total. The first-order valence-electron chi connectivity index (χ1n) is 6.28. The van der Waals surface area contributed by atoms with Crippen LogP contribution in [0.2, 0.25) is 0 Å². The van der Waals surface area contributed by atoms with Gasteiger partial charge >= 0.3 is 0 Å². The SMILES string of the molecule is CCN(CC)C(=O)c1sc(N)nc1-c1ccccc1. The Morgan fingerprint density at radius 3 is 2.47 bits per heavy atom. The Morgan fingerprint density at radius 2 is 1.89 bits per heavy atom. The summed E-state index contributed by atoms with van der Waals surface area (Å²) in [5.41, 5.74) is 7.38. The van der Waals surface area contributed by atoms with E-state index in [4.69, 9.17) is 5.73 Å². The summed E-state index contributed by atoms with van der Waals surface area (Å²) >= 11 is 1.25. The predicted octanol–water partition coefficient (Wildman–Crippen LogP) is 2.87. The Balaban J connectivity index is 2.45. The zero-order valence-electron chi connectivity index (χ0n) is 11.1. The van der Waals surface area contributed by atoms with Gasteiger partial charge in [0.2, 0.25) is 0 Å². The summed E-state index contributed by atoms with van der Waals surface area (Å²) in [6.45, 7) is 5.30. The number of rotatable bonds is 4. The molecule has 1 aromatic carbocycles. The van der Waals surface area contributed by atoms with Crippen LogP contribution in [-0.2, 0) is 0 Å². The van der Waals surface area contributed by atoms with Gasteiger partial charge in [0.15, 0.2) is 5.13 Å². The normalized spacial score (nSPS) is 10.4. The minimum Gasteiger partial charge on any atom is -0.375 e. The molecule has 2 aromatic rings. The fraction of sp³-hybridized carbons (Fsp3) is 0.286. The monoisotopic (exact) mass is 275 g/mol. The minimum absolute atomic E-state index is 0.00180. The molecule has 2 rings (SSSR count). The maximum absolute atomic E-state index is 12.5. The van der Waals surface area contributed by atoms with Gasteiger partial charge in [0.25, 0.3) is 5.91 Å². The van der Waals surface area contributed by atoms with Crippen LogP contribution in [0.25, 0.3) is 11.3 Å². The first-order valence-corrected chi connectivity index (χ1v) is 7.10. The molecule has 5 heteroatoms. The smallest absolute Gasteiger partial charge is 0.266 e. The predicted molar refractivity (Wildman–Crippen MR) is 79.2 cm³/mol. The van der Waals surface area contributed by atoms with Gasteiger partial charge in [0, 0.05) is 18.7 Å². The van der Waals surface area contributed by atoms with Gasteiger partial charge in [-0.05, 0) is 13.8 Å². The molecule has 0 bridgehead atoms. The van der Waals surface area contributed by atoms with Crippen LogP contribution in [0.1, 0.15) is 23.5 Å². The van der Waals surface area contributed by atoms with Gasteiger partial charge in [-0.3, -0.25) is 4.79 Å². The van der Waals surface area contributed by atoms with Crippen molar-refractivity contribution in [3.63, 3.8) is 0 Å². The number of amides is 1. The lowest BCUT2D eigenvalue weighted by molar-refractivity contribution is 0.0778. The topological polar surface area (TPSA) is 59.2 Å². The summed E-state index contributed by atoms with van der Waals surface area (Å²) in [7, 11) is 0. The standard InChI is InChI=1S/C14H17N3OS/c1-3-17(4-2)13(18)12-11(16-14(15)19-12)10-8-6-5-7-9-10/h5-9H,3-4H2,1-2H3,(H2,15,16). The zero-order chi connectivity index (χ0) is 13.8. The number of nitrogens with two attached hydrogens (primary N) is 1. The highest BCUT2D eigenvalue weighted by atomic mass is 32.1. The summed E-state index contributed by atoms with van der Waals surface area (Å²) in [6, 6.07) is 9.67. The third-order valence-electron chi connectivity index (χ3n) is 2.94. The number of carbonyl (C=O) groups is 1. The molecule has 1 amide bonds. The van der Waals surface area contributed by atoms with Crippen molar-refractivity contribution < 1.29 is 4.79 Å². The molecule has 0 spiro atoms. The van der Waals surface area contributed by atoms with Crippen molar-refractivity contribution >= 4 is 22.4 Å². The molecule has 1 aromatic heterocycles. The second-order valence-corrected chi connectivity index (χ2v) is 5.10. The van der Waals surface area contributed by atoms with Gasteiger partial charge < -0.3 is 10.6 Å². The van der Waals surface area contributed by atoms with Crippen molar-refractivity contribution in [2.24, 2.45) is 0 Å². The van der Waals surface area contributed by atoms with Gasteiger partial charge in [-0.1, -0.05) is 41.7 Å². The Hall–Kier alpha value is -1.88. The largest absolute Gasteiger partial charge is 0.375 e. The molecule has 0 saturated heterocycles. The van der Waals surface area contributed by atoms with E-state index < -0.39 is 0 Å². The van der Waals surface area contributed by atoms with E-state index in [2.05, 4.69) is 4.98 Å². The lowest BCUT2D eigenvalue weighted by Crippen LogP contribution is -2.30. The minimum atomic E-state index is -0.00180. The molecule has 0 aliphatic heterocycles. The number of nitrogen functional groups attached to an aromatic ring is 1. The Kier molecular flexibility index (Phi) is 4.16. The number of hydrogen-bond acceptors (Lipinski definition) is 4. The second-order valence-electron chi connectivity index (χ2n) is 4.07. The fourth-order valence-corrected chi connectivity index (χ4v) is 2.75. The molecule has 0 radical (unpaired) electrons. The van der Waals surface area contributed by atoms with Gasteiger partial charge in [0.05, 0.1) is 5.69 Å². The highest BCUT2D eigenvalue weighted by molar-refractivity contribution is 7.17. The van der Waals surface area contributed by atoms with Gasteiger partial charge in [-0.25, -0.2) is 4.98 Å². The van der Waals surface area contributed by atoms with E-state index in [1.807, 2.05) is 44.2 Å². The number of anilines is 1. The lowest BCUT2D eigenvalue weighted by Gasteiger charge is -2.17. The number of benzene rings is 1.